The van der Waals surface area contributed by atoms with E-state index in [2.05, 4.69) is 30.1 Å². The van der Waals surface area contributed by atoms with Crippen LogP contribution in [0.1, 0.15) is 24.9 Å². The lowest BCUT2D eigenvalue weighted by Crippen LogP contribution is -2.41. The van der Waals surface area contributed by atoms with Crippen LogP contribution in [0.15, 0.2) is 83.0 Å². The molecular formula is C24H23ClN4O. The molecule has 0 amide bonds. The number of nitriles is 1. The zero-order valence-electron chi connectivity index (χ0n) is 17.1. The average molecular weight is 419 g/mol. The van der Waals surface area contributed by atoms with E-state index in [-0.39, 0.29) is 23.4 Å². The van der Waals surface area contributed by atoms with Crippen molar-refractivity contribution < 1.29 is 4.74 Å². The number of rotatable bonds is 5. The van der Waals surface area contributed by atoms with Gasteiger partial charge >= 0.3 is 0 Å². The summed E-state index contributed by atoms with van der Waals surface area (Å²) in [6, 6.07) is 9.54. The fraction of sp³-hybridized carbons (Fsp3) is 0.208. The Kier molecular flexibility index (Phi) is 6.71. The number of aliphatic imine (C=N–C) groups is 1. The number of ether oxygens (including phenoxy) is 1. The minimum atomic E-state index is -0.365. The molecule has 1 aliphatic rings. The lowest BCUT2D eigenvalue weighted by Gasteiger charge is -2.39. The molecule has 0 fully saturated rings. The summed E-state index contributed by atoms with van der Waals surface area (Å²) in [7, 11) is 1.73. The number of fused-ring (bicyclic) bond motifs is 3. The largest absolute Gasteiger partial charge is 0.470 e. The zero-order chi connectivity index (χ0) is 21.7. The van der Waals surface area contributed by atoms with Crippen LogP contribution in [0.5, 0.6) is 5.75 Å². The van der Waals surface area contributed by atoms with E-state index < -0.39 is 0 Å². The Bertz CT molecular complexity index is 1120. The molecule has 30 heavy (non-hydrogen) atoms. The molecule has 0 N–H and O–H groups in total. The first-order valence-corrected chi connectivity index (χ1v) is 9.97. The second-order valence-corrected chi connectivity index (χ2v) is 7.04. The Labute approximate surface area is 182 Å². The summed E-state index contributed by atoms with van der Waals surface area (Å²) in [5.74, 6) is 1.43. The van der Waals surface area contributed by atoms with Gasteiger partial charge in [0.1, 0.15) is 17.4 Å². The Morgan fingerprint density at radius 1 is 1.47 bits per heavy atom. The maximum Gasteiger partial charge on any atom is 0.163 e. The molecule has 1 aromatic heterocycles. The fourth-order valence-corrected chi connectivity index (χ4v) is 3.70. The van der Waals surface area contributed by atoms with Crippen LogP contribution in [-0.2, 0) is 0 Å². The number of aromatic nitrogens is 1. The molecule has 0 spiro atoms. The topological polar surface area (TPSA) is 61.5 Å². The molecule has 5 nitrogen and oxygen atoms in total. The van der Waals surface area contributed by atoms with Gasteiger partial charge in [0.05, 0.1) is 16.6 Å². The molecule has 2 heterocycles. The summed E-state index contributed by atoms with van der Waals surface area (Å²) in [5, 5.41) is 10.6. The van der Waals surface area contributed by atoms with E-state index in [1.165, 1.54) is 0 Å². The van der Waals surface area contributed by atoms with Crippen LogP contribution in [-0.4, -0.2) is 29.5 Å². The number of pyridine rings is 1. The van der Waals surface area contributed by atoms with E-state index in [0.717, 1.165) is 28.7 Å². The van der Waals surface area contributed by atoms with Gasteiger partial charge in [-0.25, -0.2) is 0 Å². The molecule has 1 aromatic carbocycles. The van der Waals surface area contributed by atoms with Gasteiger partial charge < -0.3 is 9.64 Å². The Morgan fingerprint density at radius 3 is 2.93 bits per heavy atom. The van der Waals surface area contributed by atoms with Crippen molar-refractivity contribution in [1.29, 1.82) is 5.26 Å². The standard InChI is InChI=1S/C24H23ClN4O/c1-5-7-10-20(27-4)29-15-30-24-19(12-11-17-9-8-13-28-22(17)24)23(29)18(6-2)21(25)16(3)14-26/h6-13,23H,2-3,5,15H2,1,4H3/b10-7-,21-18-,27-20?. The van der Waals surface area contributed by atoms with Gasteiger partial charge in [-0.3, -0.25) is 9.98 Å². The number of nitrogens with zero attached hydrogens (tertiary/aromatic N) is 4. The third-order valence-corrected chi connectivity index (χ3v) is 5.35. The molecule has 0 bridgehead atoms. The van der Waals surface area contributed by atoms with Gasteiger partial charge in [0.15, 0.2) is 12.5 Å². The zero-order valence-corrected chi connectivity index (χ0v) is 17.9. The van der Waals surface area contributed by atoms with Gasteiger partial charge in [-0.1, -0.05) is 62.0 Å². The van der Waals surface area contributed by atoms with Crippen LogP contribution in [0.4, 0.5) is 0 Å². The smallest absolute Gasteiger partial charge is 0.163 e. The minimum absolute atomic E-state index is 0.178. The second kappa shape index (κ2) is 9.43. The van der Waals surface area contributed by atoms with Gasteiger partial charge in [0, 0.05) is 24.2 Å². The summed E-state index contributed by atoms with van der Waals surface area (Å²) < 4.78 is 6.16. The predicted molar refractivity (Wildman–Crippen MR) is 122 cm³/mol. The molecule has 152 valence electrons. The van der Waals surface area contributed by atoms with E-state index in [0.29, 0.717) is 11.3 Å². The van der Waals surface area contributed by atoms with E-state index in [9.17, 15) is 5.26 Å². The van der Waals surface area contributed by atoms with Crippen molar-refractivity contribution in [2.24, 2.45) is 4.99 Å². The molecule has 0 radical (unpaired) electrons. The molecule has 0 saturated heterocycles. The van der Waals surface area contributed by atoms with Crippen LogP contribution < -0.4 is 4.74 Å². The van der Waals surface area contributed by atoms with Gasteiger partial charge in [0.25, 0.3) is 0 Å². The first-order chi connectivity index (χ1) is 14.6. The Hall–Kier alpha value is -3.36. The van der Waals surface area contributed by atoms with Crippen molar-refractivity contribution in [2.75, 3.05) is 13.8 Å². The normalized spacial score (nSPS) is 17.2. The number of hydrogen-bond acceptors (Lipinski definition) is 4. The summed E-state index contributed by atoms with van der Waals surface area (Å²) >= 11 is 6.58. The van der Waals surface area contributed by atoms with Crippen molar-refractivity contribution in [1.82, 2.24) is 9.88 Å². The lowest BCUT2D eigenvalue weighted by molar-refractivity contribution is 0.141. The molecule has 1 atom stereocenters. The van der Waals surface area contributed by atoms with Crippen molar-refractivity contribution in [3.63, 3.8) is 0 Å². The quantitative estimate of drug-likeness (QED) is 0.271. The lowest BCUT2D eigenvalue weighted by atomic mass is 9.92. The maximum absolute atomic E-state index is 9.34. The number of amidine groups is 1. The van der Waals surface area contributed by atoms with Crippen molar-refractivity contribution in [3.05, 3.63) is 83.6 Å². The van der Waals surface area contributed by atoms with E-state index in [4.69, 9.17) is 16.3 Å². The molecule has 3 rings (SSSR count). The second-order valence-electron chi connectivity index (χ2n) is 6.66. The summed E-state index contributed by atoms with van der Waals surface area (Å²) in [6.07, 6.45) is 8.26. The van der Waals surface area contributed by atoms with Crippen LogP contribution in [0, 0.1) is 11.3 Å². The molecule has 1 unspecified atom stereocenters. The summed E-state index contributed by atoms with van der Waals surface area (Å²) in [5.41, 5.74) is 2.49. The van der Waals surface area contributed by atoms with Crippen LogP contribution in [0.25, 0.3) is 10.9 Å². The van der Waals surface area contributed by atoms with Crippen molar-refractivity contribution in [2.45, 2.75) is 19.4 Å². The highest BCUT2D eigenvalue weighted by molar-refractivity contribution is 6.33. The summed E-state index contributed by atoms with van der Waals surface area (Å²) in [4.78, 5) is 11.0. The van der Waals surface area contributed by atoms with Gasteiger partial charge in [-0.2, -0.15) is 5.26 Å². The maximum atomic E-state index is 9.34. The predicted octanol–water partition coefficient (Wildman–Crippen LogP) is 5.68. The van der Waals surface area contributed by atoms with Crippen molar-refractivity contribution in [3.8, 4) is 11.8 Å². The third kappa shape index (κ3) is 3.87. The van der Waals surface area contributed by atoms with Crippen LogP contribution in [0.2, 0.25) is 0 Å². The number of benzene rings is 1. The molecule has 1 aliphatic heterocycles. The fourth-order valence-electron chi connectivity index (χ4n) is 3.48. The third-order valence-electron chi connectivity index (χ3n) is 4.91. The first kappa shape index (κ1) is 21.4. The minimum Gasteiger partial charge on any atom is -0.470 e. The van der Waals surface area contributed by atoms with Crippen LogP contribution in [0.3, 0.4) is 0 Å². The molecule has 6 heteroatoms. The number of hydrogen-bond donors (Lipinski definition) is 0. The first-order valence-electron chi connectivity index (χ1n) is 9.59. The number of halogens is 1. The SMILES string of the molecule is C=C/C(=C(/Cl)C(=C)C#N)C1c2ccc3cccnc3c2OCN1C(/C=C\CC)=NC. The Morgan fingerprint density at radius 2 is 2.27 bits per heavy atom. The van der Waals surface area contributed by atoms with E-state index >= 15 is 0 Å². The van der Waals surface area contributed by atoms with E-state index in [1.807, 2.05) is 47.4 Å². The highest BCUT2D eigenvalue weighted by Gasteiger charge is 2.34. The van der Waals surface area contributed by atoms with Gasteiger partial charge in [-0.05, 0) is 24.1 Å². The molecular weight excluding hydrogens is 396 g/mol. The van der Waals surface area contributed by atoms with E-state index in [1.54, 1.807) is 19.3 Å². The average Bonchev–Trinajstić information content (AvgIpc) is 2.79. The summed E-state index contributed by atoms with van der Waals surface area (Å²) in [6.45, 7) is 10.0. The molecule has 2 aromatic rings. The Balaban J connectivity index is 2.29. The molecule has 0 aliphatic carbocycles. The highest BCUT2D eigenvalue weighted by atomic mass is 35.5. The van der Waals surface area contributed by atoms with Gasteiger partial charge in [0.2, 0.25) is 0 Å². The molecule has 0 saturated carbocycles. The number of allylic oxidation sites excluding steroid dienone is 3. The van der Waals surface area contributed by atoms with Crippen molar-refractivity contribution >= 4 is 28.3 Å². The van der Waals surface area contributed by atoms with Crippen LogP contribution >= 0.6 is 11.6 Å². The monoisotopic (exact) mass is 418 g/mol. The highest BCUT2D eigenvalue weighted by Crippen LogP contribution is 2.44. The van der Waals surface area contributed by atoms with Gasteiger partial charge in [-0.15, -0.1) is 0 Å².